The summed E-state index contributed by atoms with van der Waals surface area (Å²) < 4.78 is 13.6. The van der Waals surface area contributed by atoms with E-state index in [1.165, 1.54) is 26.0 Å². The number of benzene rings is 1. The van der Waals surface area contributed by atoms with E-state index in [0.717, 1.165) is 0 Å². The SMILES string of the molecule is CC(C(=O)O)C(C)C(=O)Nc1cccc(F)c1I. The number of carboxylic acid groups (broad SMARTS) is 1. The van der Waals surface area contributed by atoms with Gasteiger partial charge in [0.05, 0.1) is 15.2 Å². The molecule has 2 atom stereocenters. The molecule has 0 spiro atoms. The van der Waals surface area contributed by atoms with Gasteiger partial charge in [-0.1, -0.05) is 19.9 Å². The van der Waals surface area contributed by atoms with Crippen LogP contribution in [0.25, 0.3) is 0 Å². The van der Waals surface area contributed by atoms with Crippen LogP contribution < -0.4 is 5.32 Å². The summed E-state index contributed by atoms with van der Waals surface area (Å²) in [6.07, 6.45) is 0. The van der Waals surface area contributed by atoms with Gasteiger partial charge in [0.2, 0.25) is 5.91 Å². The Kier molecular flexibility index (Phi) is 5.06. The zero-order chi connectivity index (χ0) is 13.9. The summed E-state index contributed by atoms with van der Waals surface area (Å²) in [6, 6.07) is 4.35. The average molecular weight is 365 g/mol. The van der Waals surface area contributed by atoms with Crippen LogP contribution in [-0.2, 0) is 9.59 Å². The topological polar surface area (TPSA) is 66.4 Å². The number of nitrogens with one attached hydrogen (secondary N) is 1. The number of anilines is 1. The van der Waals surface area contributed by atoms with E-state index in [0.29, 0.717) is 9.26 Å². The molecule has 0 heterocycles. The highest BCUT2D eigenvalue weighted by Crippen LogP contribution is 2.22. The Balaban J connectivity index is 2.82. The van der Waals surface area contributed by atoms with Crippen molar-refractivity contribution in [3.63, 3.8) is 0 Å². The van der Waals surface area contributed by atoms with Crippen LogP contribution in [0.5, 0.6) is 0 Å². The predicted molar refractivity (Wildman–Crippen MR) is 73.7 cm³/mol. The van der Waals surface area contributed by atoms with Crippen molar-refractivity contribution >= 4 is 40.2 Å². The van der Waals surface area contributed by atoms with Crippen LogP contribution in [0.4, 0.5) is 10.1 Å². The Morgan fingerprint density at radius 2 is 1.94 bits per heavy atom. The summed E-state index contributed by atoms with van der Waals surface area (Å²) in [5, 5.41) is 11.4. The van der Waals surface area contributed by atoms with Crippen molar-refractivity contribution in [2.75, 3.05) is 5.32 Å². The fourth-order valence-corrected chi connectivity index (χ4v) is 1.78. The number of hydrogen-bond acceptors (Lipinski definition) is 2. The number of carbonyl (C=O) groups is 2. The molecule has 0 saturated carbocycles. The van der Waals surface area contributed by atoms with E-state index in [1.54, 1.807) is 28.7 Å². The highest BCUT2D eigenvalue weighted by atomic mass is 127. The van der Waals surface area contributed by atoms with E-state index in [9.17, 15) is 14.0 Å². The molecule has 1 amide bonds. The predicted octanol–water partition coefficient (Wildman–Crippen LogP) is 2.73. The standard InChI is InChI=1S/C12H13FINO3/c1-6(7(2)12(17)18)11(16)15-9-5-3-4-8(13)10(9)14/h3-7H,1-2H3,(H,15,16)(H,17,18). The molecule has 2 N–H and O–H groups in total. The number of halogens is 2. The molecule has 0 aromatic heterocycles. The van der Waals surface area contributed by atoms with Crippen LogP contribution in [-0.4, -0.2) is 17.0 Å². The van der Waals surface area contributed by atoms with Crippen molar-refractivity contribution in [1.29, 1.82) is 0 Å². The molecule has 0 radical (unpaired) electrons. The van der Waals surface area contributed by atoms with Crippen molar-refractivity contribution in [2.24, 2.45) is 11.8 Å². The minimum atomic E-state index is -1.04. The molecule has 1 aromatic rings. The maximum Gasteiger partial charge on any atom is 0.307 e. The number of hydrogen-bond donors (Lipinski definition) is 2. The highest BCUT2D eigenvalue weighted by Gasteiger charge is 2.26. The van der Waals surface area contributed by atoms with Crippen LogP contribution >= 0.6 is 22.6 Å². The second kappa shape index (κ2) is 6.12. The van der Waals surface area contributed by atoms with E-state index in [4.69, 9.17) is 5.11 Å². The minimum absolute atomic E-state index is 0.304. The molecule has 98 valence electrons. The Morgan fingerprint density at radius 3 is 2.50 bits per heavy atom. The first-order valence-electron chi connectivity index (χ1n) is 5.32. The molecule has 2 unspecified atom stereocenters. The Morgan fingerprint density at radius 1 is 1.33 bits per heavy atom. The van der Waals surface area contributed by atoms with Gasteiger partial charge in [0, 0.05) is 5.92 Å². The molecular weight excluding hydrogens is 352 g/mol. The number of amides is 1. The molecule has 0 aliphatic rings. The number of aliphatic carboxylic acids is 1. The van der Waals surface area contributed by atoms with Crippen LogP contribution in [0.3, 0.4) is 0 Å². The van der Waals surface area contributed by atoms with Crippen LogP contribution in [0.2, 0.25) is 0 Å². The second-order valence-electron chi connectivity index (χ2n) is 4.01. The number of carboxylic acids is 1. The summed E-state index contributed by atoms with van der Waals surface area (Å²) in [4.78, 5) is 22.6. The normalized spacial score (nSPS) is 13.8. The quantitative estimate of drug-likeness (QED) is 0.807. The molecule has 0 fully saturated rings. The van der Waals surface area contributed by atoms with E-state index < -0.39 is 29.5 Å². The molecule has 0 saturated heterocycles. The van der Waals surface area contributed by atoms with Gasteiger partial charge >= 0.3 is 5.97 Å². The summed E-state index contributed by atoms with van der Waals surface area (Å²) in [7, 11) is 0. The average Bonchev–Trinajstić information content (AvgIpc) is 2.32. The number of carbonyl (C=O) groups excluding carboxylic acids is 1. The second-order valence-corrected chi connectivity index (χ2v) is 5.08. The minimum Gasteiger partial charge on any atom is -0.481 e. The molecule has 0 bridgehead atoms. The van der Waals surface area contributed by atoms with Crippen LogP contribution in [0.15, 0.2) is 18.2 Å². The van der Waals surface area contributed by atoms with Crippen molar-refractivity contribution in [3.05, 3.63) is 27.6 Å². The molecule has 4 nitrogen and oxygen atoms in total. The van der Waals surface area contributed by atoms with E-state index in [2.05, 4.69) is 5.32 Å². The zero-order valence-electron chi connectivity index (χ0n) is 9.91. The number of rotatable bonds is 4. The third-order valence-corrected chi connectivity index (χ3v) is 3.86. The first-order valence-corrected chi connectivity index (χ1v) is 6.40. The zero-order valence-corrected chi connectivity index (χ0v) is 12.1. The van der Waals surface area contributed by atoms with Gasteiger partial charge in [-0.25, -0.2) is 4.39 Å². The first-order chi connectivity index (χ1) is 8.34. The lowest BCUT2D eigenvalue weighted by atomic mass is 9.95. The van der Waals surface area contributed by atoms with Gasteiger partial charge in [0.25, 0.3) is 0 Å². The molecule has 1 aromatic carbocycles. The molecule has 1 rings (SSSR count). The van der Waals surface area contributed by atoms with Crippen molar-refractivity contribution in [2.45, 2.75) is 13.8 Å². The largest absolute Gasteiger partial charge is 0.481 e. The monoisotopic (exact) mass is 365 g/mol. The van der Waals surface area contributed by atoms with Gasteiger partial charge in [0.1, 0.15) is 5.82 Å². The first kappa shape index (κ1) is 14.9. The Hall–Kier alpha value is -1.18. The Bertz CT molecular complexity index is 478. The molecule has 0 aliphatic carbocycles. The third kappa shape index (κ3) is 3.41. The maximum atomic E-state index is 13.3. The molecule has 0 aliphatic heterocycles. The van der Waals surface area contributed by atoms with Crippen LogP contribution in [0.1, 0.15) is 13.8 Å². The van der Waals surface area contributed by atoms with Crippen LogP contribution in [0, 0.1) is 21.2 Å². The van der Waals surface area contributed by atoms with Crippen molar-refractivity contribution in [3.8, 4) is 0 Å². The summed E-state index contributed by atoms with van der Waals surface area (Å²) >= 11 is 1.79. The fraction of sp³-hybridized carbons (Fsp3) is 0.333. The molecule has 6 heteroatoms. The smallest absolute Gasteiger partial charge is 0.307 e. The lowest BCUT2D eigenvalue weighted by molar-refractivity contribution is -0.145. The van der Waals surface area contributed by atoms with Gasteiger partial charge in [-0.2, -0.15) is 0 Å². The Labute approximate surface area is 118 Å². The lowest BCUT2D eigenvalue weighted by Crippen LogP contribution is -2.30. The third-order valence-electron chi connectivity index (χ3n) is 2.76. The van der Waals surface area contributed by atoms with Crippen molar-refractivity contribution in [1.82, 2.24) is 0 Å². The van der Waals surface area contributed by atoms with Gasteiger partial charge in [-0.3, -0.25) is 9.59 Å². The lowest BCUT2D eigenvalue weighted by Gasteiger charge is -2.16. The fourth-order valence-electron chi connectivity index (χ4n) is 1.29. The van der Waals surface area contributed by atoms with Gasteiger partial charge < -0.3 is 10.4 Å². The summed E-state index contributed by atoms with van der Waals surface area (Å²) in [5.74, 6) is -3.38. The van der Waals surface area contributed by atoms with Gasteiger partial charge in [0.15, 0.2) is 0 Å². The van der Waals surface area contributed by atoms with Gasteiger partial charge in [-0.15, -0.1) is 0 Å². The van der Waals surface area contributed by atoms with E-state index >= 15 is 0 Å². The summed E-state index contributed by atoms with van der Waals surface area (Å²) in [6.45, 7) is 2.99. The molecular formula is C12H13FINO3. The van der Waals surface area contributed by atoms with Gasteiger partial charge in [-0.05, 0) is 34.7 Å². The summed E-state index contributed by atoms with van der Waals surface area (Å²) in [5.41, 5.74) is 0.352. The van der Waals surface area contributed by atoms with E-state index in [-0.39, 0.29) is 0 Å². The maximum absolute atomic E-state index is 13.3. The van der Waals surface area contributed by atoms with Crippen molar-refractivity contribution < 1.29 is 19.1 Å². The highest BCUT2D eigenvalue weighted by molar-refractivity contribution is 14.1. The van der Waals surface area contributed by atoms with E-state index in [1.807, 2.05) is 0 Å². The molecule has 18 heavy (non-hydrogen) atoms.